The number of amides is 1. The van der Waals surface area contributed by atoms with Gasteiger partial charge in [0.15, 0.2) is 12.1 Å². The Hall–Kier alpha value is -2.15. The zero-order valence-corrected chi connectivity index (χ0v) is 12.2. The number of rotatable bonds is 4. The lowest BCUT2D eigenvalue weighted by Crippen LogP contribution is -2.37. The normalized spacial score (nSPS) is 21.5. The van der Waals surface area contributed by atoms with Gasteiger partial charge in [-0.2, -0.15) is 5.10 Å². The van der Waals surface area contributed by atoms with Crippen molar-refractivity contribution in [1.29, 1.82) is 0 Å². The summed E-state index contributed by atoms with van der Waals surface area (Å²) in [6, 6.07) is 1.94. The van der Waals surface area contributed by atoms with Gasteiger partial charge in [-0.05, 0) is 24.8 Å². The first-order chi connectivity index (χ1) is 10.8. The van der Waals surface area contributed by atoms with Crippen molar-refractivity contribution in [1.82, 2.24) is 19.7 Å². The number of oxazole rings is 1. The van der Waals surface area contributed by atoms with E-state index >= 15 is 0 Å². The van der Waals surface area contributed by atoms with E-state index in [2.05, 4.69) is 10.1 Å². The van der Waals surface area contributed by atoms with E-state index in [0.29, 0.717) is 31.2 Å². The molecule has 1 amide bonds. The third-order valence-electron chi connectivity index (χ3n) is 4.16. The van der Waals surface area contributed by atoms with E-state index in [-0.39, 0.29) is 12.0 Å². The molecule has 1 unspecified atom stereocenters. The molecule has 4 rings (SSSR count). The fraction of sp³-hybridized carbons (Fsp3) is 0.533. The molecule has 2 aliphatic rings. The Morgan fingerprint density at radius 3 is 3.09 bits per heavy atom. The van der Waals surface area contributed by atoms with E-state index in [1.54, 1.807) is 11.1 Å². The summed E-state index contributed by atoms with van der Waals surface area (Å²) in [6.07, 6.45) is 6.87. The van der Waals surface area contributed by atoms with E-state index in [9.17, 15) is 4.79 Å². The molecule has 3 heterocycles. The summed E-state index contributed by atoms with van der Waals surface area (Å²) in [5.74, 6) is 0.559. The molecule has 1 atom stereocenters. The summed E-state index contributed by atoms with van der Waals surface area (Å²) < 4.78 is 12.9. The number of carbonyl (C=O) groups excluding carboxylic acids is 1. The average molecular weight is 302 g/mol. The molecule has 7 heteroatoms. The van der Waals surface area contributed by atoms with Gasteiger partial charge in [0.2, 0.25) is 0 Å². The Balaban J connectivity index is 1.53. The second kappa shape index (κ2) is 5.57. The SMILES string of the molecule is O=C(c1cocn1)N1Cc2ccnn2CC(OCC2CC2)C1. The third-order valence-corrected chi connectivity index (χ3v) is 4.16. The van der Waals surface area contributed by atoms with Crippen LogP contribution in [0.1, 0.15) is 29.0 Å². The lowest BCUT2D eigenvalue weighted by molar-refractivity contribution is 0.0135. The van der Waals surface area contributed by atoms with Gasteiger partial charge in [-0.15, -0.1) is 0 Å². The van der Waals surface area contributed by atoms with Crippen molar-refractivity contribution in [3.8, 4) is 0 Å². The highest BCUT2D eigenvalue weighted by molar-refractivity contribution is 5.91. The minimum atomic E-state index is -0.136. The maximum atomic E-state index is 12.6. The van der Waals surface area contributed by atoms with Gasteiger partial charge in [0.1, 0.15) is 6.26 Å². The van der Waals surface area contributed by atoms with Crippen LogP contribution in [0.3, 0.4) is 0 Å². The van der Waals surface area contributed by atoms with E-state index in [4.69, 9.17) is 9.15 Å². The zero-order chi connectivity index (χ0) is 14.9. The largest absolute Gasteiger partial charge is 0.451 e. The van der Waals surface area contributed by atoms with E-state index in [1.807, 2.05) is 10.7 Å². The topological polar surface area (TPSA) is 73.4 Å². The minimum Gasteiger partial charge on any atom is -0.451 e. The maximum Gasteiger partial charge on any atom is 0.276 e. The average Bonchev–Trinajstić information content (AvgIpc) is 3.05. The molecule has 1 fully saturated rings. The number of nitrogens with zero attached hydrogens (tertiary/aromatic N) is 4. The molecule has 116 valence electrons. The molecule has 0 aromatic carbocycles. The molecule has 0 radical (unpaired) electrons. The van der Waals surface area contributed by atoms with Gasteiger partial charge in [0.25, 0.3) is 5.91 Å². The second-order valence-electron chi connectivity index (χ2n) is 5.96. The summed E-state index contributed by atoms with van der Waals surface area (Å²) in [5, 5.41) is 4.33. The molecule has 1 aliphatic carbocycles. The highest BCUT2D eigenvalue weighted by Crippen LogP contribution is 2.29. The maximum absolute atomic E-state index is 12.6. The fourth-order valence-electron chi connectivity index (χ4n) is 2.71. The van der Waals surface area contributed by atoms with Crippen molar-refractivity contribution >= 4 is 5.91 Å². The van der Waals surface area contributed by atoms with Crippen LogP contribution in [0.25, 0.3) is 0 Å². The van der Waals surface area contributed by atoms with Gasteiger partial charge >= 0.3 is 0 Å². The number of aromatic nitrogens is 3. The molecule has 1 aliphatic heterocycles. The van der Waals surface area contributed by atoms with Crippen molar-refractivity contribution in [3.63, 3.8) is 0 Å². The molecule has 2 aromatic rings. The highest BCUT2D eigenvalue weighted by Gasteiger charge is 2.29. The van der Waals surface area contributed by atoms with Crippen molar-refractivity contribution in [2.45, 2.75) is 32.0 Å². The first-order valence-electron chi connectivity index (χ1n) is 7.59. The Bertz CT molecular complexity index is 648. The van der Waals surface area contributed by atoms with Crippen LogP contribution in [-0.4, -0.2) is 44.8 Å². The summed E-state index contributed by atoms with van der Waals surface area (Å²) in [4.78, 5) is 18.3. The summed E-state index contributed by atoms with van der Waals surface area (Å²) in [6.45, 7) is 2.50. The van der Waals surface area contributed by atoms with Crippen LogP contribution in [0.4, 0.5) is 0 Å². The van der Waals surface area contributed by atoms with Gasteiger partial charge in [0, 0.05) is 19.3 Å². The first kappa shape index (κ1) is 13.5. The molecular formula is C15H18N4O3. The predicted octanol–water partition coefficient (Wildman–Crippen LogP) is 1.32. The third kappa shape index (κ3) is 2.76. The lowest BCUT2D eigenvalue weighted by Gasteiger charge is -2.23. The summed E-state index contributed by atoms with van der Waals surface area (Å²) >= 11 is 0. The molecule has 7 nitrogen and oxygen atoms in total. The number of hydrogen-bond acceptors (Lipinski definition) is 5. The Labute approximate surface area is 127 Å². The van der Waals surface area contributed by atoms with Crippen molar-refractivity contribution < 1.29 is 13.9 Å². The van der Waals surface area contributed by atoms with Crippen molar-refractivity contribution in [2.75, 3.05) is 13.2 Å². The molecule has 0 N–H and O–H groups in total. The van der Waals surface area contributed by atoms with E-state index in [1.165, 1.54) is 25.5 Å². The van der Waals surface area contributed by atoms with Crippen LogP contribution in [0.15, 0.2) is 29.3 Å². The number of hydrogen-bond donors (Lipinski definition) is 0. The second-order valence-corrected chi connectivity index (χ2v) is 5.96. The lowest BCUT2D eigenvalue weighted by atomic mass is 10.3. The highest BCUT2D eigenvalue weighted by atomic mass is 16.5. The molecule has 0 saturated heterocycles. The number of ether oxygens (including phenoxy) is 1. The van der Waals surface area contributed by atoms with Gasteiger partial charge in [-0.1, -0.05) is 0 Å². The number of carbonyl (C=O) groups is 1. The smallest absolute Gasteiger partial charge is 0.276 e. The van der Waals surface area contributed by atoms with Gasteiger partial charge in [-0.3, -0.25) is 9.48 Å². The molecule has 2 aromatic heterocycles. The van der Waals surface area contributed by atoms with Crippen molar-refractivity contribution in [3.05, 3.63) is 36.3 Å². The van der Waals surface area contributed by atoms with E-state index < -0.39 is 0 Å². The van der Waals surface area contributed by atoms with Crippen LogP contribution in [-0.2, 0) is 17.8 Å². The molecule has 22 heavy (non-hydrogen) atoms. The van der Waals surface area contributed by atoms with Crippen LogP contribution >= 0.6 is 0 Å². The van der Waals surface area contributed by atoms with Crippen LogP contribution in [0, 0.1) is 5.92 Å². The number of fused-ring (bicyclic) bond motifs is 1. The van der Waals surface area contributed by atoms with Gasteiger partial charge in [-0.25, -0.2) is 4.98 Å². The quantitative estimate of drug-likeness (QED) is 0.851. The summed E-state index contributed by atoms with van der Waals surface area (Å²) in [7, 11) is 0. The van der Waals surface area contributed by atoms with E-state index in [0.717, 1.165) is 12.3 Å². The molecule has 0 bridgehead atoms. The fourth-order valence-corrected chi connectivity index (χ4v) is 2.71. The molecule has 0 spiro atoms. The molecular weight excluding hydrogens is 284 g/mol. The van der Waals surface area contributed by atoms with Crippen LogP contribution in [0.2, 0.25) is 0 Å². The van der Waals surface area contributed by atoms with Crippen molar-refractivity contribution in [2.24, 2.45) is 5.92 Å². The minimum absolute atomic E-state index is 0.0439. The van der Waals surface area contributed by atoms with Crippen LogP contribution in [0.5, 0.6) is 0 Å². The first-order valence-corrected chi connectivity index (χ1v) is 7.59. The van der Waals surface area contributed by atoms with Gasteiger partial charge in [0.05, 0.1) is 24.9 Å². The standard InChI is InChI=1S/C15H18N4O3/c20-15(14-9-21-10-16-14)18-5-12-3-4-17-19(12)7-13(6-18)22-8-11-1-2-11/h3-4,9-11,13H,1-2,5-8H2. The zero-order valence-electron chi connectivity index (χ0n) is 12.2. The summed E-state index contributed by atoms with van der Waals surface area (Å²) in [5.41, 5.74) is 1.34. The Kier molecular flexibility index (Phi) is 3.42. The Morgan fingerprint density at radius 1 is 1.41 bits per heavy atom. The predicted molar refractivity (Wildman–Crippen MR) is 75.9 cm³/mol. The molecule has 1 saturated carbocycles. The van der Waals surface area contributed by atoms with Gasteiger partial charge < -0.3 is 14.1 Å². The van der Waals surface area contributed by atoms with Crippen LogP contribution < -0.4 is 0 Å². The monoisotopic (exact) mass is 302 g/mol. The Morgan fingerprint density at radius 2 is 2.32 bits per heavy atom.